The van der Waals surface area contributed by atoms with Crippen molar-refractivity contribution in [1.29, 1.82) is 0 Å². The van der Waals surface area contributed by atoms with Crippen LogP contribution in [0.5, 0.6) is 0 Å². The number of rotatable bonds is 4. The van der Waals surface area contributed by atoms with Gasteiger partial charge in [0.25, 0.3) is 0 Å². The van der Waals surface area contributed by atoms with E-state index < -0.39 is 23.5 Å². The van der Waals surface area contributed by atoms with Gasteiger partial charge in [-0.05, 0) is 41.8 Å². The van der Waals surface area contributed by atoms with Crippen LogP contribution in [0.2, 0.25) is 5.02 Å². The van der Waals surface area contributed by atoms with Crippen LogP contribution in [0.25, 0.3) is 0 Å². The van der Waals surface area contributed by atoms with Crippen LogP contribution < -0.4 is 0 Å². The first-order valence-corrected chi connectivity index (χ1v) is 6.27. The fourth-order valence-electron chi connectivity index (χ4n) is 1.95. The van der Waals surface area contributed by atoms with E-state index in [0.717, 1.165) is 0 Å². The Bertz CT molecular complexity index is 626. The summed E-state index contributed by atoms with van der Waals surface area (Å²) in [5.74, 6) is -2.85. The summed E-state index contributed by atoms with van der Waals surface area (Å²) in [6.07, 6.45) is 0.154. The number of hydrogen-bond donors (Lipinski definition) is 1. The molecule has 1 atom stereocenters. The lowest BCUT2D eigenvalue weighted by Gasteiger charge is -2.13. The summed E-state index contributed by atoms with van der Waals surface area (Å²) in [6.45, 7) is 0. The van der Waals surface area contributed by atoms with Crippen LogP contribution in [0.1, 0.15) is 17.0 Å². The standard InChI is InChI=1S/C15H11ClF2O2/c16-13-8-9(1-6-14(13)18)7-12(15(19)20)10-2-4-11(17)5-3-10/h1-6,8,12H,7H2,(H,19,20). The highest BCUT2D eigenvalue weighted by atomic mass is 35.5. The number of carbonyl (C=O) groups is 1. The second kappa shape index (κ2) is 6.01. The van der Waals surface area contributed by atoms with Gasteiger partial charge in [-0.2, -0.15) is 0 Å². The van der Waals surface area contributed by atoms with E-state index in [1.165, 1.54) is 42.5 Å². The molecule has 104 valence electrons. The molecule has 2 rings (SSSR count). The van der Waals surface area contributed by atoms with Crippen molar-refractivity contribution < 1.29 is 18.7 Å². The van der Waals surface area contributed by atoms with Gasteiger partial charge in [-0.15, -0.1) is 0 Å². The van der Waals surface area contributed by atoms with Crippen molar-refractivity contribution in [3.63, 3.8) is 0 Å². The van der Waals surface area contributed by atoms with Gasteiger partial charge in [0.05, 0.1) is 10.9 Å². The molecule has 0 aromatic heterocycles. The molecule has 0 saturated carbocycles. The number of hydrogen-bond acceptors (Lipinski definition) is 1. The summed E-state index contributed by atoms with van der Waals surface area (Å²) >= 11 is 5.67. The molecule has 0 aliphatic heterocycles. The Hall–Kier alpha value is -1.94. The number of halogens is 3. The van der Waals surface area contributed by atoms with Gasteiger partial charge < -0.3 is 5.11 Å². The third kappa shape index (κ3) is 3.33. The predicted molar refractivity (Wildman–Crippen MR) is 71.9 cm³/mol. The van der Waals surface area contributed by atoms with Crippen LogP contribution >= 0.6 is 11.6 Å². The molecule has 0 radical (unpaired) electrons. The summed E-state index contributed by atoms with van der Waals surface area (Å²) in [5, 5.41) is 9.23. The maximum Gasteiger partial charge on any atom is 0.311 e. The highest BCUT2D eigenvalue weighted by Crippen LogP contribution is 2.24. The van der Waals surface area contributed by atoms with Gasteiger partial charge in [-0.3, -0.25) is 4.79 Å². The molecule has 1 N–H and O–H groups in total. The van der Waals surface area contributed by atoms with Gasteiger partial charge in [-0.25, -0.2) is 8.78 Å². The molecule has 2 nitrogen and oxygen atoms in total. The SMILES string of the molecule is O=C(O)C(Cc1ccc(F)c(Cl)c1)c1ccc(F)cc1. The Morgan fingerprint density at radius 3 is 2.35 bits per heavy atom. The van der Waals surface area contributed by atoms with Gasteiger partial charge in [0.1, 0.15) is 11.6 Å². The minimum Gasteiger partial charge on any atom is -0.481 e. The van der Waals surface area contributed by atoms with Gasteiger partial charge >= 0.3 is 5.97 Å². The molecular formula is C15H11ClF2O2. The molecule has 0 bridgehead atoms. The minimum absolute atomic E-state index is 0.0502. The van der Waals surface area contributed by atoms with E-state index in [-0.39, 0.29) is 11.4 Å². The molecule has 1 unspecified atom stereocenters. The fourth-order valence-corrected chi connectivity index (χ4v) is 2.15. The van der Waals surface area contributed by atoms with E-state index in [1.807, 2.05) is 0 Å². The molecular weight excluding hydrogens is 286 g/mol. The molecule has 0 amide bonds. The number of aliphatic carboxylic acids is 1. The van der Waals surface area contributed by atoms with E-state index >= 15 is 0 Å². The molecule has 0 heterocycles. The lowest BCUT2D eigenvalue weighted by Crippen LogP contribution is -2.14. The van der Waals surface area contributed by atoms with E-state index in [2.05, 4.69) is 0 Å². The van der Waals surface area contributed by atoms with Crippen molar-refractivity contribution in [3.8, 4) is 0 Å². The number of benzene rings is 2. The molecule has 2 aromatic rings. The molecule has 2 aromatic carbocycles. The van der Waals surface area contributed by atoms with Crippen LogP contribution in [0.15, 0.2) is 42.5 Å². The van der Waals surface area contributed by atoms with E-state index in [9.17, 15) is 18.7 Å². The second-order valence-corrected chi connectivity index (χ2v) is 4.80. The molecule has 20 heavy (non-hydrogen) atoms. The highest BCUT2D eigenvalue weighted by Gasteiger charge is 2.20. The number of carboxylic acids is 1. The van der Waals surface area contributed by atoms with Crippen LogP contribution in [0.4, 0.5) is 8.78 Å². The van der Waals surface area contributed by atoms with Crippen LogP contribution in [0.3, 0.4) is 0 Å². The highest BCUT2D eigenvalue weighted by molar-refractivity contribution is 6.30. The monoisotopic (exact) mass is 296 g/mol. The Morgan fingerprint density at radius 1 is 1.15 bits per heavy atom. The minimum atomic E-state index is -1.03. The molecule has 5 heteroatoms. The zero-order valence-corrected chi connectivity index (χ0v) is 11.1. The van der Waals surface area contributed by atoms with Gasteiger partial charge in [-0.1, -0.05) is 29.8 Å². The van der Waals surface area contributed by atoms with Crippen LogP contribution in [-0.2, 0) is 11.2 Å². The van der Waals surface area contributed by atoms with Gasteiger partial charge in [0.15, 0.2) is 0 Å². The Kier molecular flexibility index (Phi) is 4.35. The van der Waals surface area contributed by atoms with Crippen molar-refractivity contribution in [2.24, 2.45) is 0 Å². The number of carboxylic acid groups (broad SMARTS) is 1. The fraction of sp³-hybridized carbons (Fsp3) is 0.133. The van der Waals surface area contributed by atoms with E-state index in [0.29, 0.717) is 11.1 Å². The Balaban J connectivity index is 2.27. The molecule has 0 aliphatic rings. The van der Waals surface area contributed by atoms with Crippen molar-refractivity contribution in [1.82, 2.24) is 0 Å². The molecule has 0 spiro atoms. The van der Waals surface area contributed by atoms with Crippen LogP contribution in [0, 0.1) is 11.6 Å². The average Bonchev–Trinajstić information content (AvgIpc) is 2.41. The third-order valence-electron chi connectivity index (χ3n) is 2.99. The average molecular weight is 297 g/mol. The largest absolute Gasteiger partial charge is 0.481 e. The molecule has 0 fully saturated rings. The summed E-state index contributed by atoms with van der Waals surface area (Å²) < 4.78 is 25.9. The smallest absolute Gasteiger partial charge is 0.311 e. The lowest BCUT2D eigenvalue weighted by molar-refractivity contribution is -0.138. The van der Waals surface area contributed by atoms with Crippen molar-refractivity contribution in [2.75, 3.05) is 0 Å². The van der Waals surface area contributed by atoms with Crippen LogP contribution in [-0.4, -0.2) is 11.1 Å². The predicted octanol–water partition coefficient (Wildman–Crippen LogP) is 4.03. The Morgan fingerprint density at radius 2 is 1.80 bits per heavy atom. The summed E-state index contributed by atoms with van der Waals surface area (Å²) in [6, 6.07) is 9.36. The molecule has 0 saturated heterocycles. The van der Waals surface area contributed by atoms with Gasteiger partial charge in [0.2, 0.25) is 0 Å². The lowest BCUT2D eigenvalue weighted by atomic mass is 9.92. The van der Waals surface area contributed by atoms with Gasteiger partial charge in [0, 0.05) is 0 Å². The van der Waals surface area contributed by atoms with Crippen molar-refractivity contribution in [3.05, 3.63) is 70.2 Å². The van der Waals surface area contributed by atoms with Crippen molar-refractivity contribution >= 4 is 17.6 Å². The summed E-state index contributed by atoms with van der Waals surface area (Å²) in [7, 11) is 0. The first-order chi connectivity index (χ1) is 9.47. The second-order valence-electron chi connectivity index (χ2n) is 4.39. The van der Waals surface area contributed by atoms with E-state index in [1.54, 1.807) is 0 Å². The summed E-state index contributed by atoms with van der Waals surface area (Å²) in [4.78, 5) is 11.3. The third-order valence-corrected chi connectivity index (χ3v) is 3.28. The maximum atomic E-state index is 13.1. The first kappa shape index (κ1) is 14.5. The quantitative estimate of drug-likeness (QED) is 0.925. The Labute approximate surface area is 119 Å². The first-order valence-electron chi connectivity index (χ1n) is 5.89. The maximum absolute atomic E-state index is 13.1. The zero-order chi connectivity index (χ0) is 14.7. The summed E-state index contributed by atoms with van der Waals surface area (Å²) in [5.41, 5.74) is 1.09. The zero-order valence-electron chi connectivity index (χ0n) is 10.3. The topological polar surface area (TPSA) is 37.3 Å². The normalized spacial score (nSPS) is 12.2. The molecule has 0 aliphatic carbocycles. The van der Waals surface area contributed by atoms with Crippen molar-refractivity contribution in [2.45, 2.75) is 12.3 Å². The van der Waals surface area contributed by atoms with E-state index in [4.69, 9.17) is 11.6 Å².